The molecule has 163 valence electrons. The number of hydrogen-bond acceptors (Lipinski definition) is 4. The van der Waals surface area contributed by atoms with Crippen LogP contribution in [0.5, 0.6) is 0 Å². The standard InChI is InChI=1S/C16H14NS.C9H16O2.Ir/c1-11(2)13-7-8-14(17-10-13)16-9-12-5-3-4-6-15(12)18-16;10-7-3-1-2-6-4-5-8(11)9(6)7;/h3-8,10-11H,1-2H3;6-11H,1-5H2;/q-1;;. The van der Waals surface area contributed by atoms with Crippen LogP contribution in [0, 0.1) is 17.9 Å². The predicted octanol–water partition coefficient (Wildman–Crippen LogP) is 5.80. The molecule has 2 aromatic heterocycles. The zero-order valence-corrected chi connectivity index (χ0v) is 20.8. The third-order valence-corrected chi connectivity index (χ3v) is 7.47. The largest absolute Gasteiger partial charge is 0.393 e. The molecule has 2 aliphatic carbocycles. The number of thiophene rings is 1. The van der Waals surface area contributed by atoms with Gasteiger partial charge in [-0.3, -0.25) is 0 Å². The maximum absolute atomic E-state index is 9.59. The van der Waals surface area contributed by atoms with Crippen LogP contribution in [-0.2, 0) is 20.1 Å². The molecular formula is C25H30IrNO2S-. The molecule has 0 bridgehead atoms. The Kier molecular flexibility index (Phi) is 8.23. The van der Waals surface area contributed by atoms with Gasteiger partial charge in [-0.2, -0.15) is 0 Å². The molecular weight excluding hydrogens is 571 g/mol. The first-order valence-electron chi connectivity index (χ1n) is 10.8. The molecule has 2 N–H and O–H groups in total. The molecule has 1 aromatic carbocycles. The first-order chi connectivity index (χ1) is 14.0. The van der Waals surface area contributed by atoms with Gasteiger partial charge in [0.1, 0.15) is 0 Å². The van der Waals surface area contributed by atoms with E-state index in [2.05, 4.69) is 55.2 Å². The fourth-order valence-corrected chi connectivity index (χ4v) is 5.67. The van der Waals surface area contributed by atoms with Crippen molar-refractivity contribution in [2.75, 3.05) is 0 Å². The zero-order chi connectivity index (χ0) is 20.4. The van der Waals surface area contributed by atoms with Gasteiger partial charge in [0, 0.05) is 37.9 Å². The number of rotatable bonds is 2. The van der Waals surface area contributed by atoms with Crippen molar-refractivity contribution in [1.29, 1.82) is 0 Å². The number of benzene rings is 1. The van der Waals surface area contributed by atoms with Gasteiger partial charge in [0.25, 0.3) is 0 Å². The van der Waals surface area contributed by atoms with Crippen molar-refractivity contribution in [2.24, 2.45) is 11.8 Å². The number of pyridine rings is 1. The van der Waals surface area contributed by atoms with E-state index < -0.39 is 0 Å². The van der Waals surface area contributed by atoms with Crippen molar-refractivity contribution < 1.29 is 30.3 Å². The summed E-state index contributed by atoms with van der Waals surface area (Å²) in [5.41, 5.74) is 2.29. The summed E-state index contributed by atoms with van der Waals surface area (Å²) in [6.45, 7) is 4.37. The SMILES string of the molecule is CC(C)c1ccc(-c2[c-]c3ccccc3s2)nc1.OC1CCCC2CCC(O)C12.[Ir]. The number of fused-ring (bicyclic) bond motifs is 2. The van der Waals surface area contributed by atoms with Crippen molar-refractivity contribution in [3.05, 3.63) is 54.2 Å². The molecule has 0 spiro atoms. The van der Waals surface area contributed by atoms with E-state index in [1.54, 1.807) is 11.3 Å². The van der Waals surface area contributed by atoms with Crippen molar-refractivity contribution in [3.8, 4) is 10.6 Å². The summed E-state index contributed by atoms with van der Waals surface area (Å²) in [5, 5.41) is 20.3. The van der Waals surface area contributed by atoms with Gasteiger partial charge in [0.2, 0.25) is 0 Å². The van der Waals surface area contributed by atoms with Crippen LogP contribution >= 0.6 is 11.3 Å². The predicted molar refractivity (Wildman–Crippen MR) is 120 cm³/mol. The van der Waals surface area contributed by atoms with Gasteiger partial charge < -0.3 is 15.2 Å². The number of aliphatic hydroxyl groups is 2. The van der Waals surface area contributed by atoms with Gasteiger partial charge in [0.15, 0.2) is 0 Å². The molecule has 5 rings (SSSR count). The van der Waals surface area contributed by atoms with Gasteiger partial charge in [0.05, 0.1) is 12.2 Å². The minimum atomic E-state index is -0.216. The molecule has 5 heteroatoms. The van der Waals surface area contributed by atoms with Gasteiger partial charge >= 0.3 is 0 Å². The number of aromatic nitrogens is 1. The first kappa shape index (κ1) is 23.6. The molecule has 2 aliphatic rings. The first-order valence-corrected chi connectivity index (χ1v) is 11.6. The summed E-state index contributed by atoms with van der Waals surface area (Å²) in [6, 6.07) is 16.0. The van der Waals surface area contributed by atoms with Gasteiger partial charge in [-0.15, -0.1) is 23.6 Å². The third-order valence-electron chi connectivity index (χ3n) is 6.37. The minimum Gasteiger partial charge on any atom is -0.393 e. The summed E-state index contributed by atoms with van der Waals surface area (Å²) in [6.07, 6.45) is 6.85. The van der Waals surface area contributed by atoms with E-state index in [1.165, 1.54) is 22.1 Å². The Bertz CT molecular complexity index is 905. The summed E-state index contributed by atoms with van der Waals surface area (Å²) < 4.78 is 1.27. The topological polar surface area (TPSA) is 53.4 Å². The average Bonchev–Trinajstić information content (AvgIpc) is 3.33. The molecule has 30 heavy (non-hydrogen) atoms. The van der Waals surface area contributed by atoms with Gasteiger partial charge in [-0.25, -0.2) is 11.3 Å². The van der Waals surface area contributed by atoms with E-state index in [0.717, 1.165) is 36.3 Å². The van der Waals surface area contributed by atoms with E-state index in [0.29, 0.717) is 11.8 Å². The van der Waals surface area contributed by atoms with Crippen LogP contribution in [0.15, 0.2) is 42.6 Å². The summed E-state index contributed by atoms with van der Waals surface area (Å²) in [7, 11) is 0. The Balaban J connectivity index is 0.000000184. The van der Waals surface area contributed by atoms with E-state index in [4.69, 9.17) is 0 Å². The van der Waals surface area contributed by atoms with Gasteiger partial charge in [-0.05, 0) is 52.7 Å². The summed E-state index contributed by atoms with van der Waals surface area (Å²) >= 11 is 1.75. The number of nitrogens with zero attached hydrogens (tertiary/aromatic N) is 1. The Morgan fingerprint density at radius 1 is 1.00 bits per heavy atom. The van der Waals surface area contributed by atoms with E-state index in [9.17, 15) is 10.2 Å². The molecule has 2 heterocycles. The van der Waals surface area contributed by atoms with E-state index in [-0.39, 0.29) is 38.2 Å². The molecule has 3 nitrogen and oxygen atoms in total. The zero-order valence-electron chi connectivity index (χ0n) is 17.5. The molecule has 2 fully saturated rings. The van der Waals surface area contributed by atoms with Gasteiger partial charge in [-0.1, -0.05) is 44.5 Å². The van der Waals surface area contributed by atoms with E-state index >= 15 is 0 Å². The average molecular weight is 601 g/mol. The molecule has 3 aromatic rings. The molecule has 4 unspecified atom stereocenters. The van der Waals surface area contributed by atoms with Crippen LogP contribution in [-0.4, -0.2) is 27.4 Å². The van der Waals surface area contributed by atoms with Crippen LogP contribution in [0.3, 0.4) is 0 Å². The molecule has 1 radical (unpaired) electrons. The summed E-state index contributed by atoms with van der Waals surface area (Å²) in [5.74, 6) is 1.36. The second-order valence-corrected chi connectivity index (χ2v) is 9.72. The van der Waals surface area contributed by atoms with Crippen molar-refractivity contribution >= 4 is 21.4 Å². The fourth-order valence-electron chi connectivity index (χ4n) is 4.69. The second kappa shape index (κ2) is 10.5. The minimum absolute atomic E-state index is 0. The van der Waals surface area contributed by atoms with Crippen molar-refractivity contribution in [1.82, 2.24) is 4.98 Å². The van der Waals surface area contributed by atoms with Crippen LogP contribution in [0.2, 0.25) is 0 Å². The van der Waals surface area contributed by atoms with Crippen molar-refractivity contribution in [3.63, 3.8) is 0 Å². The Hall–Kier alpha value is -1.10. The number of aliphatic hydroxyl groups excluding tert-OH is 2. The van der Waals surface area contributed by atoms with E-state index in [1.807, 2.05) is 12.3 Å². The Labute approximate surface area is 196 Å². The molecule has 0 saturated heterocycles. The monoisotopic (exact) mass is 601 g/mol. The van der Waals surface area contributed by atoms with Crippen molar-refractivity contribution in [2.45, 2.75) is 64.1 Å². The summed E-state index contributed by atoms with van der Waals surface area (Å²) in [4.78, 5) is 5.66. The molecule has 0 amide bonds. The van der Waals surface area contributed by atoms with Crippen LogP contribution in [0.25, 0.3) is 20.7 Å². The van der Waals surface area contributed by atoms with Crippen LogP contribution in [0.4, 0.5) is 0 Å². The molecule has 2 saturated carbocycles. The second-order valence-electron chi connectivity index (χ2n) is 8.66. The normalized spacial score (nSPS) is 25.4. The molecule has 0 aliphatic heterocycles. The fraction of sp³-hybridized carbons (Fsp3) is 0.480. The molecule has 4 atom stereocenters. The Morgan fingerprint density at radius 2 is 1.77 bits per heavy atom. The maximum atomic E-state index is 9.59. The van der Waals surface area contributed by atoms with Crippen LogP contribution in [0.1, 0.15) is 57.4 Å². The smallest absolute Gasteiger partial charge is 0.0595 e. The number of hydrogen-bond donors (Lipinski definition) is 2. The third kappa shape index (κ3) is 5.20. The quantitative estimate of drug-likeness (QED) is 0.366. The van der Waals surface area contributed by atoms with Crippen LogP contribution < -0.4 is 0 Å². The maximum Gasteiger partial charge on any atom is 0.0595 e. The Morgan fingerprint density at radius 3 is 2.43 bits per heavy atom.